The zero-order valence-corrected chi connectivity index (χ0v) is 11.4. The summed E-state index contributed by atoms with van der Waals surface area (Å²) >= 11 is 0. The first kappa shape index (κ1) is 14.0. The van der Waals surface area contributed by atoms with Crippen LogP contribution in [-0.2, 0) is 11.3 Å². The molecule has 0 atom stereocenters. The Hall–Kier alpha value is -1.42. The van der Waals surface area contributed by atoms with Gasteiger partial charge in [0, 0.05) is 6.54 Å². The zero-order chi connectivity index (χ0) is 13.7. The van der Waals surface area contributed by atoms with E-state index in [2.05, 4.69) is 17.1 Å². The highest BCUT2D eigenvalue weighted by Crippen LogP contribution is 2.15. The molecule has 1 aliphatic rings. The van der Waals surface area contributed by atoms with Crippen molar-refractivity contribution in [2.24, 2.45) is 5.92 Å². The largest absolute Gasteiger partial charge is 0.351 e. The topological polar surface area (TPSA) is 32.3 Å². The molecule has 2 rings (SSSR count). The van der Waals surface area contributed by atoms with Gasteiger partial charge in [0.15, 0.2) is 0 Å². The van der Waals surface area contributed by atoms with Crippen LogP contribution in [0, 0.1) is 11.7 Å². The number of carbonyl (C=O) groups excluding carboxylic acids is 1. The molecule has 0 saturated carbocycles. The van der Waals surface area contributed by atoms with Crippen LogP contribution in [0.2, 0.25) is 0 Å². The third-order valence-electron chi connectivity index (χ3n) is 3.65. The maximum Gasteiger partial charge on any atom is 0.234 e. The molecule has 1 N–H and O–H groups in total. The van der Waals surface area contributed by atoms with Gasteiger partial charge in [-0.25, -0.2) is 4.39 Å². The van der Waals surface area contributed by atoms with Crippen LogP contribution >= 0.6 is 0 Å². The summed E-state index contributed by atoms with van der Waals surface area (Å²) in [7, 11) is 0. The smallest absolute Gasteiger partial charge is 0.234 e. The van der Waals surface area contributed by atoms with E-state index >= 15 is 0 Å². The molecular weight excluding hydrogens is 243 g/mol. The van der Waals surface area contributed by atoms with E-state index in [1.807, 2.05) is 0 Å². The Morgan fingerprint density at radius 3 is 2.58 bits per heavy atom. The summed E-state index contributed by atoms with van der Waals surface area (Å²) in [5.41, 5.74) is 0.919. The molecule has 104 valence electrons. The fraction of sp³-hybridized carbons (Fsp3) is 0.533. The van der Waals surface area contributed by atoms with E-state index in [9.17, 15) is 9.18 Å². The zero-order valence-electron chi connectivity index (χ0n) is 11.4. The molecule has 1 aromatic rings. The second-order valence-corrected chi connectivity index (χ2v) is 5.36. The molecule has 0 bridgehead atoms. The molecule has 0 radical (unpaired) electrons. The predicted molar refractivity (Wildman–Crippen MR) is 73.1 cm³/mol. The van der Waals surface area contributed by atoms with Crippen molar-refractivity contribution in [3.05, 3.63) is 35.6 Å². The number of piperidine rings is 1. The molecule has 0 spiro atoms. The summed E-state index contributed by atoms with van der Waals surface area (Å²) in [5, 5.41) is 2.87. The monoisotopic (exact) mass is 264 g/mol. The molecule has 19 heavy (non-hydrogen) atoms. The Morgan fingerprint density at radius 1 is 1.32 bits per heavy atom. The SMILES string of the molecule is CC1CCN(CC(=O)NCc2ccc(F)cc2)CC1. The molecule has 0 aliphatic carbocycles. The molecule has 3 nitrogen and oxygen atoms in total. The van der Waals surface area contributed by atoms with Crippen LogP contribution in [0.3, 0.4) is 0 Å². The van der Waals surface area contributed by atoms with Crippen molar-refractivity contribution in [2.45, 2.75) is 26.3 Å². The molecule has 4 heteroatoms. The Morgan fingerprint density at radius 2 is 1.95 bits per heavy atom. The van der Waals surface area contributed by atoms with Crippen molar-refractivity contribution in [1.29, 1.82) is 0 Å². The van der Waals surface area contributed by atoms with Gasteiger partial charge < -0.3 is 5.32 Å². The number of hydrogen-bond acceptors (Lipinski definition) is 2. The fourth-order valence-electron chi connectivity index (χ4n) is 2.28. The maximum atomic E-state index is 12.7. The highest BCUT2D eigenvalue weighted by atomic mass is 19.1. The number of rotatable bonds is 4. The van der Waals surface area contributed by atoms with Crippen LogP contribution in [0.1, 0.15) is 25.3 Å². The van der Waals surface area contributed by atoms with Gasteiger partial charge in [0.1, 0.15) is 5.82 Å². The molecule has 1 aromatic carbocycles. The van der Waals surface area contributed by atoms with Crippen LogP contribution in [0.25, 0.3) is 0 Å². The summed E-state index contributed by atoms with van der Waals surface area (Å²) in [6.45, 7) is 5.19. The first-order chi connectivity index (χ1) is 9.13. The highest BCUT2D eigenvalue weighted by Gasteiger charge is 2.17. The Bertz CT molecular complexity index is 411. The van der Waals surface area contributed by atoms with E-state index in [1.54, 1.807) is 12.1 Å². The van der Waals surface area contributed by atoms with E-state index in [1.165, 1.54) is 25.0 Å². The maximum absolute atomic E-state index is 12.7. The van der Waals surface area contributed by atoms with Crippen molar-refractivity contribution >= 4 is 5.91 Å². The lowest BCUT2D eigenvalue weighted by Crippen LogP contribution is -2.41. The normalized spacial score (nSPS) is 17.4. The van der Waals surface area contributed by atoms with Gasteiger partial charge in [0.05, 0.1) is 6.54 Å². The molecule has 1 fully saturated rings. The minimum atomic E-state index is -0.252. The van der Waals surface area contributed by atoms with E-state index in [0.29, 0.717) is 13.1 Å². The molecule has 1 amide bonds. The van der Waals surface area contributed by atoms with Crippen molar-refractivity contribution in [3.63, 3.8) is 0 Å². The summed E-state index contributed by atoms with van der Waals surface area (Å²) in [5.74, 6) is 0.565. The predicted octanol–water partition coefficient (Wildman–Crippen LogP) is 2.17. The molecule has 1 heterocycles. The third-order valence-corrected chi connectivity index (χ3v) is 3.65. The first-order valence-corrected chi connectivity index (χ1v) is 6.87. The number of likely N-dealkylation sites (tertiary alicyclic amines) is 1. The van der Waals surface area contributed by atoms with Crippen molar-refractivity contribution < 1.29 is 9.18 Å². The van der Waals surface area contributed by atoms with Crippen LogP contribution < -0.4 is 5.32 Å². The van der Waals surface area contributed by atoms with Crippen molar-refractivity contribution in [3.8, 4) is 0 Å². The Kier molecular flexibility index (Phi) is 4.91. The van der Waals surface area contributed by atoms with E-state index in [-0.39, 0.29) is 11.7 Å². The van der Waals surface area contributed by atoms with E-state index < -0.39 is 0 Å². The molecule has 0 unspecified atom stereocenters. The van der Waals surface area contributed by atoms with Crippen molar-refractivity contribution in [2.75, 3.05) is 19.6 Å². The van der Waals surface area contributed by atoms with Gasteiger partial charge in [-0.1, -0.05) is 19.1 Å². The number of nitrogens with one attached hydrogen (secondary N) is 1. The summed E-state index contributed by atoms with van der Waals surface area (Å²) < 4.78 is 12.7. The van der Waals surface area contributed by atoms with Gasteiger partial charge in [0.25, 0.3) is 0 Å². The van der Waals surface area contributed by atoms with Gasteiger partial charge in [-0.05, 0) is 49.5 Å². The Labute approximate surface area is 113 Å². The van der Waals surface area contributed by atoms with Crippen LogP contribution in [0.15, 0.2) is 24.3 Å². The summed E-state index contributed by atoms with van der Waals surface area (Å²) in [6, 6.07) is 6.21. The molecule has 1 saturated heterocycles. The number of nitrogens with zero attached hydrogens (tertiary/aromatic N) is 1. The van der Waals surface area contributed by atoms with E-state index in [4.69, 9.17) is 0 Å². The van der Waals surface area contributed by atoms with Crippen LogP contribution in [0.5, 0.6) is 0 Å². The lowest BCUT2D eigenvalue weighted by atomic mass is 9.99. The van der Waals surface area contributed by atoms with E-state index in [0.717, 1.165) is 24.6 Å². The van der Waals surface area contributed by atoms with Gasteiger partial charge in [0.2, 0.25) is 5.91 Å². The van der Waals surface area contributed by atoms with Crippen LogP contribution in [0.4, 0.5) is 4.39 Å². The third kappa shape index (κ3) is 4.63. The Balaban J connectivity index is 1.71. The van der Waals surface area contributed by atoms with Gasteiger partial charge in [-0.15, -0.1) is 0 Å². The number of halogens is 1. The highest BCUT2D eigenvalue weighted by molar-refractivity contribution is 5.78. The van der Waals surface area contributed by atoms with Gasteiger partial charge in [-0.2, -0.15) is 0 Å². The summed E-state index contributed by atoms with van der Waals surface area (Å²) in [4.78, 5) is 14.0. The second-order valence-electron chi connectivity index (χ2n) is 5.36. The van der Waals surface area contributed by atoms with Crippen molar-refractivity contribution in [1.82, 2.24) is 10.2 Å². The fourth-order valence-corrected chi connectivity index (χ4v) is 2.28. The summed E-state index contributed by atoms with van der Waals surface area (Å²) in [6.07, 6.45) is 2.34. The number of carbonyl (C=O) groups is 1. The average molecular weight is 264 g/mol. The molecule has 1 aliphatic heterocycles. The lowest BCUT2D eigenvalue weighted by molar-refractivity contribution is -0.122. The number of benzene rings is 1. The van der Waals surface area contributed by atoms with Gasteiger partial charge in [-0.3, -0.25) is 9.69 Å². The lowest BCUT2D eigenvalue weighted by Gasteiger charge is -2.29. The minimum Gasteiger partial charge on any atom is -0.351 e. The standard InChI is InChI=1S/C15H21FN2O/c1-12-6-8-18(9-7-12)11-15(19)17-10-13-2-4-14(16)5-3-13/h2-5,12H,6-11H2,1H3,(H,17,19). The molecular formula is C15H21FN2O. The minimum absolute atomic E-state index is 0.0406. The quantitative estimate of drug-likeness (QED) is 0.904. The number of hydrogen-bond donors (Lipinski definition) is 1. The van der Waals surface area contributed by atoms with Crippen LogP contribution in [-0.4, -0.2) is 30.4 Å². The van der Waals surface area contributed by atoms with Gasteiger partial charge >= 0.3 is 0 Å². The molecule has 0 aromatic heterocycles. The average Bonchev–Trinajstić information content (AvgIpc) is 2.41. The second kappa shape index (κ2) is 6.66. The first-order valence-electron chi connectivity index (χ1n) is 6.87. The number of amides is 1.